The quantitative estimate of drug-likeness (QED) is 0.349. The summed E-state index contributed by atoms with van der Waals surface area (Å²) in [6.07, 6.45) is 0.945. The molecule has 6 nitrogen and oxygen atoms in total. The van der Waals surface area contributed by atoms with Crippen molar-refractivity contribution in [3.63, 3.8) is 0 Å². The molecule has 0 aliphatic heterocycles. The number of hydrogen-bond acceptors (Lipinski definition) is 6. The molecule has 0 N–H and O–H groups in total. The van der Waals surface area contributed by atoms with E-state index < -0.39 is 0 Å². The van der Waals surface area contributed by atoms with E-state index in [1.165, 1.54) is 0 Å². The number of fused-ring (bicyclic) bond motifs is 1. The van der Waals surface area contributed by atoms with Crippen LogP contribution in [-0.2, 0) is 16.3 Å². The van der Waals surface area contributed by atoms with E-state index >= 15 is 0 Å². The van der Waals surface area contributed by atoms with Crippen LogP contribution in [0.4, 0.5) is 0 Å². The number of esters is 1. The number of halogens is 1. The smallest absolute Gasteiger partial charge is 0.307 e. The van der Waals surface area contributed by atoms with Crippen LogP contribution < -0.4 is 5.56 Å². The van der Waals surface area contributed by atoms with Gasteiger partial charge in [-0.05, 0) is 48.6 Å². The highest BCUT2D eigenvalue weighted by molar-refractivity contribution is 7.99. The summed E-state index contributed by atoms with van der Waals surface area (Å²) in [6, 6.07) is 14.5. The van der Waals surface area contributed by atoms with Crippen LogP contribution >= 0.6 is 23.4 Å². The summed E-state index contributed by atoms with van der Waals surface area (Å²) in [5, 5.41) is 8.87. The predicted octanol–water partition coefficient (Wildman–Crippen LogP) is 3.52. The highest BCUT2D eigenvalue weighted by Gasteiger charge is 2.08. The highest BCUT2D eigenvalue weighted by Crippen LogP contribution is 2.21. The number of carbonyl (C=O) groups is 1. The maximum absolute atomic E-state index is 12.2. The van der Waals surface area contributed by atoms with E-state index in [1.807, 2.05) is 24.3 Å². The van der Waals surface area contributed by atoms with Gasteiger partial charge in [0.15, 0.2) is 6.73 Å². The second-order valence-electron chi connectivity index (χ2n) is 5.46. The van der Waals surface area contributed by atoms with Gasteiger partial charge in [-0.2, -0.15) is 4.68 Å². The Morgan fingerprint density at radius 3 is 2.73 bits per heavy atom. The molecular formula is C18H16ClN3O3S. The lowest BCUT2D eigenvalue weighted by Crippen LogP contribution is -2.26. The van der Waals surface area contributed by atoms with Crippen molar-refractivity contribution in [3.8, 4) is 0 Å². The largest absolute Gasteiger partial charge is 0.442 e. The lowest BCUT2D eigenvalue weighted by Gasteiger charge is -2.06. The van der Waals surface area contributed by atoms with Crippen molar-refractivity contribution in [2.45, 2.75) is 24.5 Å². The van der Waals surface area contributed by atoms with Gasteiger partial charge in [-0.25, -0.2) is 0 Å². The first-order chi connectivity index (χ1) is 12.6. The van der Waals surface area contributed by atoms with Gasteiger partial charge < -0.3 is 4.74 Å². The average Bonchev–Trinajstić information content (AvgIpc) is 2.66. The molecule has 0 atom stereocenters. The third kappa shape index (κ3) is 4.83. The van der Waals surface area contributed by atoms with Crippen molar-refractivity contribution >= 4 is 40.2 Å². The Balaban J connectivity index is 1.45. The molecule has 3 rings (SSSR count). The minimum atomic E-state index is -0.372. The van der Waals surface area contributed by atoms with E-state index in [2.05, 4.69) is 10.3 Å². The Hall–Kier alpha value is -2.38. The van der Waals surface area contributed by atoms with Gasteiger partial charge in [0.25, 0.3) is 5.56 Å². The van der Waals surface area contributed by atoms with Gasteiger partial charge >= 0.3 is 5.97 Å². The SMILES string of the molecule is O=C(CCCSc1ccc(Cl)cc1)OCn1nnc2ccccc2c1=O. The van der Waals surface area contributed by atoms with Gasteiger partial charge in [0, 0.05) is 16.3 Å². The fraction of sp³-hybridized carbons (Fsp3) is 0.222. The average molecular weight is 390 g/mol. The third-order valence-corrected chi connectivity index (χ3v) is 4.94. The first-order valence-electron chi connectivity index (χ1n) is 8.00. The molecule has 0 aliphatic carbocycles. The van der Waals surface area contributed by atoms with Crippen molar-refractivity contribution in [1.29, 1.82) is 0 Å². The minimum absolute atomic E-state index is 0.236. The number of nitrogens with zero attached hydrogens (tertiary/aromatic N) is 3. The van der Waals surface area contributed by atoms with Gasteiger partial charge in [0.1, 0.15) is 5.52 Å². The molecule has 0 saturated heterocycles. The summed E-state index contributed by atoms with van der Waals surface area (Å²) in [5.74, 6) is 0.412. The molecule has 0 spiro atoms. The Morgan fingerprint density at radius 1 is 1.15 bits per heavy atom. The Kier molecular flexibility index (Phi) is 6.25. The van der Waals surface area contributed by atoms with E-state index in [0.717, 1.165) is 15.3 Å². The summed E-state index contributed by atoms with van der Waals surface area (Å²) in [6.45, 7) is -0.236. The fourth-order valence-corrected chi connectivity index (χ4v) is 3.23. The van der Waals surface area contributed by atoms with E-state index in [0.29, 0.717) is 22.3 Å². The molecular weight excluding hydrogens is 374 g/mol. The molecule has 0 radical (unpaired) electrons. The van der Waals surface area contributed by atoms with Crippen LogP contribution in [-0.4, -0.2) is 26.7 Å². The van der Waals surface area contributed by atoms with Crippen LogP contribution in [0.3, 0.4) is 0 Å². The second kappa shape index (κ2) is 8.82. The van der Waals surface area contributed by atoms with Crippen molar-refractivity contribution < 1.29 is 9.53 Å². The molecule has 0 saturated carbocycles. The molecule has 0 amide bonds. The molecule has 1 heterocycles. The van der Waals surface area contributed by atoms with Gasteiger partial charge in [-0.3, -0.25) is 9.59 Å². The number of carbonyl (C=O) groups excluding carboxylic acids is 1. The summed E-state index contributed by atoms with van der Waals surface area (Å²) in [4.78, 5) is 25.2. The summed E-state index contributed by atoms with van der Waals surface area (Å²) in [5.41, 5.74) is 0.181. The maximum Gasteiger partial charge on any atom is 0.307 e. The van der Waals surface area contributed by atoms with Crippen LogP contribution in [0, 0.1) is 0 Å². The molecule has 134 valence electrons. The number of rotatable bonds is 7. The monoisotopic (exact) mass is 389 g/mol. The van der Waals surface area contributed by atoms with E-state index in [1.54, 1.807) is 36.0 Å². The summed E-state index contributed by atoms with van der Waals surface area (Å²) >= 11 is 7.48. The van der Waals surface area contributed by atoms with Crippen molar-refractivity contribution in [2.24, 2.45) is 0 Å². The Labute approximate surface area is 159 Å². The molecule has 0 fully saturated rings. The molecule has 8 heteroatoms. The van der Waals surface area contributed by atoms with Gasteiger partial charge in [-0.1, -0.05) is 28.9 Å². The van der Waals surface area contributed by atoms with Gasteiger partial charge in [-0.15, -0.1) is 16.9 Å². The normalized spacial score (nSPS) is 10.8. The first-order valence-corrected chi connectivity index (χ1v) is 9.36. The molecule has 2 aromatic carbocycles. The lowest BCUT2D eigenvalue weighted by molar-refractivity contribution is -0.148. The van der Waals surface area contributed by atoms with Crippen molar-refractivity contribution in [2.75, 3.05) is 5.75 Å². The lowest BCUT2D eigenvalue weighted by atomic mass is 10.2. The topological polar surface area (TPSA) is 74.1 Å². The zero-order valence-corrected chi connectivity index (χ0v) is 15.4. The van der Waals surface area contributed by atoms with Crippen LogP contribution in [0.2, 0.25) is 5.02 Å². The zero-order valence-electron chi connectivity index (χ0n) is 13.8. The van der Waals surface area contributed by atoms with Gasteiger partial charge in [0.2, 0.25) is 0 Å². The van der Waals surface area contributed by atoms with Crippen molar-refractivity contribution in [1.82, 2.24) is 15.0 Å². The van der Waals surface area contributed by atoms with E-state index in [-0.39, 0.29) is 24.7 Å². The highest BCUT2D eigenvalue weighted by atomic mass is 35.5. The Bertz CT molecular complexity index is 960. The Morgan fingerprint density at radius 2 is 1.92 bits per heavy atom. The minimum Gasteiger partial charge on any atom is -0.442 e. The molecule has 0 unspecified atom stereocenters. The molecule has 1 aromatic heterocycles. The summed E-state index contributed by atoms with van der Waals surface area (Å²) in [7, 11) is 0. The molecule has 0 bridgehead atoms. The predicted molar refractivity (Wildman–Crippen MR) is 101 cm³/mol. The van der Waals surface area contributed by atoms with Crippen LogP contribution in [0.1, 0.15) is 12.8 Å². The van der Waals surface area contributed by atoms with Crippen LogP contribution in [0.25, 0.3) is 10.9 Å². The van der Waals surface area contributed by atoms with E-state index in [4.69, 9.17) is 16.3 Å². The third-order valence-electron chi connectivity index (χ3n) is 3.58. The zero-order chi connectivity index (χ0) is 18.4. The number of aromatic nitrogens is 3. The van der Waals surface area contributed by atoms with Crippen molar-refractivity contribution in [3.05, 3.63) is 63.9 Å². The summed E-state index contributed by atoms with van der Waals surface area (Å²) < 4.78 is 6.16. The molecule has 0 aliphatic rings. The maximum atomic E-state index is 12.2. The molecule has 26 heavy (non-hydrogen) atoms. The van der Waals surface area contributed by atoms with E-state index in [9.17, 15) is 9.59 Å². The van der Waals surface area contributed by atoms with Crippen LogP contribution in [0.5, 0.6) is 0 Å². The fourth-order valence-electron chi connectivity index (χ4n) is 2.25. The van der Waals surface area contributed by atoms with Crippen LogP contribution in [0.15, 0.2) is 58.2 Å². The second-order valence-corrected chi connectivity index (χ2v) is 7.07. The number of hydrogen-bond donors (Lipinski definition) is 0. The molecule has 3 aromatic rings. The van der Waals surface area contributed by atoms with Gasteiger partial charge in [0.05, 0.1) is 5.39 Å². The first kappa shape index (κ1) is 18.4. The number of thioether (sulfide) groups is 1. The standard InChI is InChI=1S/C18H16ClN3O3S/c19-13-7-9-14(10-8-13)26-11-3-6-17(23)25-12-22-18(24)15-4-1-2-5-16(15)20-21-22/h1-2,4-5,7-10H,3,6,11-12H2. The number of benzene rings is 2. The number of ether oxygens (including phenoxy) is 1.